The minimum absolute atomic E-state index is 0.195. The number of benzene rings is 2. The van der Waals surface area contributed by atoms with Gasteiger partial charge in [0.1, 0.15) is 17.3 Å². The topological polar surface area (TPSA) is 103 Å². The molecule has 4 aromatic rings. The summed E-state index contributed by atoms with van der Waals surface area (Å²) in [5.41, 5.74) is 3.12. The number of nitrogens with zero attached hydrogens (tertiary/aromatic N) is 4. The number of hydrogen-bond donors (Lipinski definition) is 2. The largest absolute Gasteiger partial charge is 0.493 e. The summed E-state index contributed by atoms with van der Waals surface area (Å²) < 4.78 is 12.9. The smallest absolute Gasteiger partial charge is 0.324 e. The Kier molecular flexibility index (Phi) is 7.12. The third-order valence-electron chi connectivity index (χ3n) is 5.21. The van der Waals surface area contributed by atoms with Crippen LogP contribution in [0, 0.1) is 6.92 Å². The monoisotopic (exact) mass is 506 g/mol. The number of carbonyl (C=O) groups excluding carboxylic acids is 1. The second-order valence-corrected chi connectivity index (χ2v) is 9.53. The molecule has 10 heteroatoms. The van der Waals surface area contributed by atoms with Crippen LogP contribution in [0.4, 0.5) is 16.3 Å². The van der Waals surface area contributed by atoms with E-state index in [2.05, 4.69) is 41.4 Å². The molecule has 2 aromatic carbocycles. The molecule has 186 valence electrons. The van der Waals surface area contributed by atoms with Gasteiger partial charge in [0.25, 0.3) is 0 Å². The molecular weight excluding hydrogens is 480 g/mol. The molecule has 4 rings (SSSR count). The van der Waals surface area contributed by atoms with Crippen molar-refractivity contribution in [1.29, 1.82) is 0 Å². The van der Waals surface area contributed by atoms with Crippen LogP contribution in [0.15, 0.2) is 60.9 Å². The molecule has 0 saturated heterocycles. The van der Waals surface area contributed by atoms with Crippen molar-refractivity contribution in [3.63, 3.8) is 0 Å². The first-order valence-corrected chi connectivity index (χ1v) is 11.6. The van der Waals surface area contributed by atoms with Crippen LogP contribution in [0.3, 0.4) is 0 Å². The molecule has 0 atom stereocenters. The normalized spacial score (nSPS) is 11.2. The maximum Gasteiger partial charge on any atom is 0.324 e. The number of ether oxygens (including phenoxy) is 2. The Morgan fingerprint density at radius 1 is 1.00 bits per heavy atom. The van der Waals surface area contributed by atoms with Crippen LogP contribution in [0.25, 0.3) is 5.69 Å². The molecule has 9 nitrogen and oxygen atoms in total. The Morgan fingerprint density at radius 3 is 2.50 bits per heavy atom. The van der Waals surface area contributed by atoms with Crippen LogP contribution in [0.5, 0.6) is 17.4 Å². The number of rotatable bonds is 6. The van der Waals surface area contributed by atoms with Crippen molar-refractivity contribution in [3.05, 3.63) is 77.3 Å². The van der Waals surface area contributed by atoms with Gasteiger partial charge < -0.3 is 14.8 Å². The second kappa shape index (κ2) is 10.2. The summed E-state index contributed by atoms with van der Waals surface area (Å²) in [6.07, 6.45) is 1.30. The number of methoxy groups -OCH3 is 1. The van der Waals surface area contributed by atoms with Gasteiger partial charge >= 0.3 is 6.03 Å². The lowest BCUT2D eigenvalue weighted by Crippen LogP contribution is -2.21. The molecule has 2 N–H and O–H groups in total. The van der Waals surface area contributed by atoms with Crippen LogP contribution in [0.2, 0.25) is 5.15 Å². The summed E-state index contributed by atoms with van der Waals surface area (Å²) in [5.74, 6) is 1.63. The van der Waals surface area contributed by atoms with Crippen LogP contribution in [0.1, 0.15) is 32.0 Å². The summed E-state index contributed by atoms with van der Waals surface area (Å²) in [5, 5.41) is 10.8. The van der Waals surface area contributed by atoms with E-state index in [-0.39, 0.29) is 16.4 Å². The van der Waals surface area contributed by atoms with E-state index in [1.54, 1.807) is 22.9 Å². The van der Waals surface area contributed by atoms with Gasteiger partial charge in [0.15, 0.2) is 11.5 Å². The van der Waals surface area contributed by atoms with Crippen molar-refractivity contribution in [2.45, 2.75) is 33.1 Å². The number of anilines is 2. The Bertz CT molecular complexity index is 1400. The molecule has 0 aliphatic rings. The Labute approximate surface area is 214 Å². The first kappa shape index (κ1) is 25.0. The van der Waals surface area contributed by atoms with Crippen molar-refractivity contribution in [1.82, 2.24) is 19.7 Å². The number of halogens is 1. The van der Waals surface area contributed by atoms with E-state index < -0.39 is 6.03 Å². The molecule has 0 bridgehead atoms. The number of carbonyl (C=O) groups is 1. The second-order valence-electron chi connectivity index (χ2n) is 9.14. The van der Waals surface area contributed by atoms with Gasteiger partial charge in [-0.25, -0.2) is 19.4 Å². The van der Waals surface area contributed by atoms with Crippen LogP contribution in [-0.4, -0.2) is 32.9 Å². The lowest BCUT2D eigenvalue weighted by molar-refractivity contribution is 0.262. The van der Waals surface area contributed by atoms with Crippen molar-refractivity contribution in [3.8, 4) is 23.1 Å². The SMILES string of the molecule is COc1cc(NC(=O)Nc2cc(C(C)(C)C)nn2-c2cccc(C)c2)ccc1Oc1cc(Cl)ncn1. The van der Waals surface area contributed by atoms with Crippen LogP contribution in [-0.2, 0) is 5.41 Å². The molecule has 2 aromatic heterocycles. The maximum atomic E-state index is 12.9. The van der Waals surface area contributed by atoms with Crippen molar-refractivity contribution >= 4 is 29.1 Å². The fourth-order valence-electron chi connectivity index (χ4n) is 3.39. The van der Waals surface area contributed by atoms with E-state index in [9.17, 15) is 4.79 Å². The molecule has 0 fully saturated rings. The van der Waals surface area contributed by atoms with Crippen LogP contribution < -0.4 is 20.1 Å². The minimum Gasteiger partial charge on any atom is -0.493 e. The third-order valence-corrected chi connectivity index (χ3v) is 5.42. The predicted molar refractivity (Wildman–Crippen MR) is 140 cm³/mol. The average Bonchev–Trinajstić information content (AvgIpc) is 3.24. The highest BCUT2D eigenvalue weighted by molar-refractivity contribution is 6.29. The van der Waals surface area contributed by atoms with Gasteiger partial charge in [-0.05, 0) is 36.8 Å². The van der Waals surface area contributed by atoms with Gasteiger partial charge in [0.2, 0.25) is 5.88 Å². The zero-order chi connectivity index (χ0) is 25.9. The van der Waals surface area contributed by atoms with Gasteiger partial charge in [-0.1, -0.05) is 44.5 Å². The molecule has 0 spiro atoms. The standard InChI is InChI=1S/C26H27ClN6O3/c1-16-7-6-8-18(11-16)33-23(13-21(32-33)26(2,3)4)31-25(34)30-17-9-10-19(20(12-17)35-5)36-24-14-22(27)28-15-29-24/h6-15H,1-5H3,(H2,30,31,34). The molecule has 0 saturated carbocycles. The van der Waals surface area contributed by atoms with Crippen LogP contribution >= 0.6 is 11.6 Å². The van der Waals surface area contributed by atoms with Gasteiger partial charge in [-0.3, -0.25) is 5.32 Å². The quantitative estimate of drug-likeness (QED) is 0.295. The zero-order valence-electron chi connectivity index (χ0n) is 20.7. The molecule has 2 heterocycles. The van der Waals surface area contributed by atoms with E-state index in [1.165, 1.54) is 19.5 Å². The highest BCUT2D eigenvalue weighted by Gasteiger charge is 2.22. The fourth-order valence-corrected chi connectivity index (χ4v) is 3.52. The van der Waals surface area contributed by atoms with Crippen molar-refractivity contribution in [2.75, 3.05) is 17.7 Å². The molecule has 0 aliphatic heterocycles. The summed E-state index contributed by atoms with van der Waals surface area (Å²) in [6.45, 7) is 8.23. The molecule has 0 aliphatic carbocycles. The molecule has 0 unspecified atom stereocenters. The summed E-state index contributed by atoms with van der Waals surface area (Å²) in [7, 11) is 1.51. The molecule has 2 amide bonds. The number of aryl methyl sites for hydroxylation is 1. The Balaban J connectivity index is 1.54. The lowest BCUT2D eigenvalue weighted by atomic mass is 9.92. The van der Waals surface area contributed by atoms with Crippen molar-refractivity contribution < 1.29 is 14.3 Å². The van der Waals surface area contributed by atoms with E-state index >= 15 is 0 Å². The number of amides is 2. The molecule has 36 heavy (non-hydrogen) atoms. The minimum atomic E-state index is -0.428. The van der Waals surface area contributed by atoms with Gasteiger partial charge in [-0.2, -0.15) is 5.10 Å². The average molecular weight is 507 g/mol. The first-order valence-electron chi connectivity index (χ1n) is 11.2. The summed E-state index contributed by atoms with van der Waals surface area (Å²) in [4.78, 5) is 20.8. The van der Waals surface area contributed by atoms with E-state index in [0.29, 0.717) is 23.0 Å². The maximum absolute atomic E-state index is 12.9. The first-order chi connectivity index (χ1) is 17.1. The lowest BCUT2D eigenvalue weighted by Gasteiger charge is -2.14. The summed E-state index contributed by atoms with van der Waals surface area (Å²) in [6, 6.07) is 15.9. The zero-order valence-corrected chi connectivity index (χ0v) is 21.4. The Morgan fingerprint density at radius 2 is 1.81 bits per heavy atom. The third kappa shape index (κ3) is 5.92. The number of hydrogen-bond acceptors (Lipinski definition) is 6. The summed E-state index contributed by atoms with van der Waals surface area (Å²) >= 11 is 5.89. The van der Waals surface area contributed by atoms with E-state index in [0.717, 1.165) is 16.9 Å². The van der Waals surface area contributed by atoms with E-state index in [1.807, 2.05) is 37.3 Å². The predicted octanol–water partition coefficient (Wildman–Crippen LogP) is 6.37. The number of aromatic nitrogens is 4. The molecular formula is C26H27ClN6O3. The van der Waals surface area contributed by atoms with Crippen molar-refractivity contribution in [2.24, 2.45) is 0 Å². The fraction of sp³-hybridized carbons (Fsp3) is 0.231. The Hall–Kier alpha value is -4.11. The highest BCUT2D eigenvalue weighted by Crippen LogP contribution is 2.34. The molecule has 0 radical (unpaired) electrons. The highest BCUT2D eigenvalue weighted by atomic mass is 35.5. The van der Waals surface area contributed by atoms with Gasteiger partial charge in [0, 0.05) is 29.3 Å². The van der Waals surface area contributed by atoms with Gasteiger partial charge in [0.05, 0.1) is 18.5 Å². The van der Waals surface area contributed by atoms with E-state index in [4.69, 9.17) is 26.2 Å². The number of urea groups is 1. The number of nitrogens with one attached hydrogen (secondary N) is 2. The van der Waals surface area contributed by atoms with Gasteiger partial charge in [-0.15, -0.1) is 0 Å².